The van der Waals surface area contributed by atoms with Gasteiger partial charge in [0.25, 0.3) is 5.91 Å². The van der Waals surface area contributed by atoms with Crippen LogP contribution in [-0.4, -0.2) is 18.8 Å². The first-order valence-electron chi connectivity index (χ1n) is 6.85. The molecule has 0 unspecified atom stereocenters. The monoisotopic (exact) mass is 407 g/mol. The number of anilines is 1. The maximum absolute atomic E-state index is 12.2. The number of hydrogen-bond acceptors (Lipinski definition) is 3. The van der Waals surface area contributed by atoms with Crippen molar-refractivity contribution < 1.29 is 14.3 Å². The highest BCUT2D eigenvalue weighted by Crippen LogP contribution is 2.33. The van der Waals surface area contributed by atoms with Gasteiger partial charge in [0.15, 0.2) is 6.61 Å². The fraction of sp³-hybridized carbons (Fsp3) is 0.176. The third-order valence-corrected chi connectivity index (χ3v) is 4.13. The molecule has 1 heterocycles. The molecule has 1 amide bonds. The van der Waals surface area contributed by atoms with Gasteiger partial charge in [0, 0.05) is 9.13 Å². The van der Waals surface area contributed by atoms with Crippen molar-refractivity contribution in [2.75, 3.05) is 11.5 Å². The number of amides is 1. The van der Waals surface area contributed by atoms with Gasteiger partial charge in [-0.3, -0.25) is 9.59 Å². The molecule has 5 heteroatoms. The molecule has 1 aliphatic rings. The zero-order valence-corrected chi connectivity index (χ0v) is 14.2. The van der Waals surface area contributed by atoms with Gasteiger partial charge in [-0.25, -0.2) is 0 Å². The molecule has 3 rings (SSSR count). The summed E-state index contributed by atoms with van der Waals surface area (Å²) >= 11 is 2.27. The highest BCUT2D eigenvalue weighted by atomic mass is 127. The van der Waals surface area contributed by atoms with Crippen LogP contribution in [0.1, 0.15) is 21.5 Å². The molecule has 0 aliphatic carbocycles. The number of rotatable bonds is 3. The molecule has 0 saturated heterocycles. The SMILES string of the molecule is Cc1cc(I)cc(CN2C(=O)COc3ccc(C=O)cc32)c1. The number of aryl methyl sites for hydroxylation is 1. The van der Waals surface area contributed by atoms with E-state index in [0.717, 1.165) is 21.0 Å². The van der Waals surface area contributed by atoms with Crippen LogP contribution >= 0.6 is 22.6 Å². The minimum atomic E-state index is -0.105. The van der Waals surface area contributed by atoms with Crippen molar-refractivity contribution in [3.05, 3.63) is 56.7 Å². The number of carbonyl (C=O) groups excluding carboxylic acids is 2. The van der Waals surface area contributed by atoms with E-state index in [0.29, 0.717) is 23.5 Å². The smallest absolute Gasteiger partial charge is 0.265 e. The second kappa shape index (κ2) is 6.08. The van der Waals surface area contributed by atoms with Crippen molar-refractivity contribution in [3.63, 3.8) is 0 Å². The molecule has 0 bridgehead atoms. The van der Waals surface area contributed by atoms with Crippen LogP contribution in [0, 0.1) is 10.5 Å². The number of hydrogen-bond donors (Lipinski definition) is 0. The first-order chi connectivity index (χ1) is 10.6. The van der Waals surface area contributed by atoms with Crippen LogP contribution in [-0.2, 0) is 11.3 Å². The molecule has 1 aliphatic heterocycles. The van der Waals surface area contributed by atoms with Gasteiger partial charge in [-0.15, -0.1) is 0 Å². The summed E-state index contributed by atoms with van der Waals surface area (Å²) in [6, 6.07) is 11.3. The van der Waals surface area contributed by atoms with Crippen molar-refractivity contribution in [1.29, 1.82) is 0 Å². The van der Waals surface area contributed by atoms with E-state index in [9.17, 15) is 9.59 Å². The average Bonchev–Trinajstić information content (AvgIpc) is 2.48. The number of halogens is 1. The molecule has 0 atom stereocenters. The lowest BCUT2D eigenvalue weighted by molar-refractivity contribution is -0.121. The number of benzene rings is 2. The van der Waals surface area contributed by atoms with E-state index >= 15 is 0 Å². The van der Waals surface area contributed by atoms with Crippen molar-refractivity contribution in [2.24, 2.45) is 0 Å². The summed E-state index contributed by atoms with van der Waals surface area (Å²) in [5.74, 6) is 0.527. The fourth-order valence-electron chi connectivity index (χ4n) is 2.55. The third kappa shape index (κ3) is 2.99. The van der Waals surface area contributed by atoms with E-state index < -0.39 is 0 Å². The van der Waals surface area contributed by atoms with Crippen LogP contribution in [0.15, 0.2) is 36.4 Å². The molecule has 2 aromatic carbocycles. The van der Waals surface area contributed by atoms with E-state index in [4.69, 9.17) is 4.74 Å². The lowest BCUT2D eigenvalue weighted by atomic mass is 10.1. The second-order valence-electron chi connectivity index (χ2n) is 5.25. The Bertz CT molecular complexity index is 737. The van der Waals surface area contributed by atoms with E-state index in [1.165, 1.54) is 0 Å². The van der Waals surface area contributed by atoms with Gasteiger partial charge in [-0.1, -0.05) is 6.07 Å². The minimum absolute atomic E-state index is 0.0242. The maximum Gasteiger partial charge on any atom is 0.265 e. The normalized spacial score (nSPS) is 13.5. The largest absolute Gasteiger partial charge is 0.482 e. The molecular formula is C17H14INO3. The Kier molecular flexibility index (Phi) is 4.15. The van der Waals surface area contributed by atoms with Gasteiger partial charge >= 0.3 is 0 Å². The summed E-state index contributed by atoms with van der Waals surface area (Å²) in [5, 5.41) is 0. The Morgan fingerprint density at radius 2 is 2.09 bits per heavy atom. The number of fused-ring (bicyclic) bond motifs is 1. The Hall–Kier alpha value is -1.89. The number of nitrogens with zero attached hydrogens (tertiary/aromatic N) is 1. The molecule has 0 N–H and O–H groups in total. The molecular weight excluding hydrogens is 393 g/mol. The summed E-state index contributed by atoms with van der Waals surface area (Å²) in [7, 11) is 0. The van der Waals surface area contributed by atoms with Gasteiger partial charge in [0.2, 0.25) is 0 Å². The van der Waals surface area contributed by atoms with Crippen LogP contribution in [0.5, 0.6) is 5.75 Å². The van der Waals surface area contributed by atoms with Gasteiger partial charge in [0.05, 0.1) is 12.2 Å². The average molecular weight is 407 g/mol. The quantitative estimate of drug-likeness (QED) is 0.580. The summed E-state index contributed by atoms with van der Waals surface area (Å²) in [6.07, 6.45) is 0.771. The van der Waals surface area contributed by atoms with Crippen molar-refractivity contribution in [2.45, 2.75) is 13.5 Å². The predicted octanol–water partition coefficient (Wildman–Crippen LogP) is 3.34. The molecule has 112 valence electrons. The molecule has 0 fully saturated rings. The molecule has 22 heavy (non-hydrogen) atoms. The van der Waals surface area contributed by atoms with E-state index in [2.05, 4.69) is 40.8 Å². The Labute approximate surface area is 142 Å². The Morgan fingerprint density at radius 3 is 2.82 bits per heavy atom. The van der Waals surface area contributed by atoms with Crippen molar-refractivity contribution >= 4 is 40.5 Å². The Balaban J connectivity index is 1.99. The summed E-state index contributed by atoms with van der Waals surface area (Å²) in [4.78, 5) is 24.9. The summed E-state index contributed by atoms with van der Waals surface area (Å²) < 4.78 is 6.58. The molecule has 0 radical (unpaired) electrons. The molecule has 2 aromatic rings. The third-order valence-electron chi connectivity index (χ3n) is 3.50. The lowest BCUT2D eigenvalue weighted by Gasteiger charge is -2.29. The van der Waals surface area contributed by atoms with Crippen LogP contribution < -0.4 is 9.64 Å². The van der Waals surface area contributed by atoms with Crippen LogP contribution in [0.2, 0.25) is 0 Å². The van der Waals surface area contributed by atoms with Gasteiger partial charge in [-0.2, -0.15) is 0 Å². The minimum Gasteiger partial charge on any atom is -0.482 e. The molecule has 4 nitrogen and oxygen atoms in total. The van der Waals surface area contributed by atoms with E-state index in [1.807, 2.05) is 6.92 Å². The van der Waals surface area contributed by atoms with Crippen LogP contribution in [0.3, 0.4) is 0 Å². The van der Waals surface area contributed by atoms with Crippen molar-refractivity contribution in [1.82, 2.24) is 0 Å². The number of carbonyl (C=O) groups is 2. The zero-order chi connectivity index (χ0) is 15.7. The van der Waals surface area contributed by atoms with Gasteiger partial charge in [0.1, 0.15) is 12.0 Å². The van der Waals surface area contributed by atoms with E-state index in [1.54, 1.807) is 23.1 Å². The van der Waals surface area contributed by atoms with Crippen LogP contribution in [0.4, 0.5) is 5.69 Å². The highest BCUT2D eigenvalue weighted by molar-refractivity contribution is 14.1. The number of ether oxygens (including phenoxy) is 1. The van der Waals surface area contributed by atoms with Crippen molar-refractivity contribution in [3.8, 4) is 5.75 Å². The first-order valence-corrected chi connectivity index (χ1v) is 7.93. The lowest BCUT2D eigenvalue weighted by Crippen LogP contribution is -2.38. The number of aldehydes is 1. The topological polar surface area (TPSA) is 46.6 Å². The Morgan fingerprint density at radius 1 is 1.27 bits per heavy atom. The first kappa shape index (κ1) is 15.0. The maximum atomic E-state index is 12.2. The van der Waals surface area contributed by atoms with Gasteiger partial charge < -0.3 is 9.64 Å². The second-order valence-corrected chi connectivity index (χ2v) is 6.50. The fourth-order valence-corrected chi connectivity index (χ4v) is 3.44. The zero-order valence-electron chi connectivity index (χ0n) is 12.0. The van der Waals surface area contributed by atoms with Crippen LogP contribution in [0.25, 0.3) is 0 Å². The molecule has 0 saturated carbocycles. The molecule has 0 aromatic heterocycles. The summed E-state index contributed by atoms with van der Waals surface area (Å²) in [5.41, 5.74) is 3.39. The van der Waals surface area contributed by atoms with Gasteiger partial charge in [-0.05, 0) is 71.0 Å². The van der Waals surface area contributed by atoms with E-state index in [-0.39, 0.29) is 12.5 Å². The predicted molar refractivity (Wildman–Crippen MR) is 92.4 cm³/mol. The standard InChI is InChI=1S/C17H14INO3/c1-11-4-13(6-14(18)5-11)8-19-15-7-12(9-20)2-3-16(15)22-10-17(19)21/h2-7,9H,8,10H2,1H3. The molecule has 0 spiro atoms. The summed E-state index contributed by atoms with van der Waals surface area (Å²) in [6.45, 7) is 2.52. The highest BCUT2D eigenvalue weighted by Gasteiger charge is 2.26.